The average Bonchev–Trinajstić information content (AvgIpc) is 2.22. The van der Waals surface area contributed by atoms with Gasteiger partial charge in [0.25, 0.3) is 0 Å². The molecule has 2 N–H and O–H groups in total. The Kier molecular flexibility index (Phi) is 2.64. The number of pyridine rings is 1. The van der Waals surface area contributed by atoms with Crippen LogP contribution >= 0.6 is 0 Å². The van der Waals surface area contributed by atoms with Crippen LogP contribution in [-0.2, 0) is 0 Å². The topological polar surface area (TPSA) is 70.7 Å². The Morgan fingerprint density at radius 3 is 2.94 bits per heavy atom. The summed E-state index contributed by atoms with van der Waals surface area (Å²) in [5.74, 6) is 0.548. The van der Waals surface area contributed by atoms with E-state index >= 15 is 0 Å². The summed E-state index contributed by atoms with van der Waals surface area (Å²) >= 11 is 0. The van der Waals surface area contributed by atoms with Gasteiger partial charge in [0.05, 0.1) is 5.69 Å². The van der Waals surface area contributed by atoms with Crippen LogP contribution in [0.1, 0.15) is 12.6 Å². The number of H-pyrrole nitrogens is 1. The van der Waals surface area contributed by atoms with Crippen molar-refractivity contribution in [3.8, 4) is 0 Å². The molecule has 0 aliphatic carbocycles. The molecule has 0 unspecified atom stereocenters. The van der Waals surface area contributed by atoms with Crippen molar-refractivity contribution in [2.75, 3.05) is 11.9 Å². The minimum Gasteiger partial charge on any atom is -0.354 e. The molecule has 5 nitrogen and oxygen atoms in total. The van der Waals surface area contributed by atoms with Gasteiger partial charge in [-0.2, -0.15) is 4.98 Å². The minimum atomic E-state index is -0.104. The predicted octanol–water partition coefficient (Wildman–Crippen LogP) is -0.683. The molecular weight excluding hydrogens is 203 g/mol. The first-order chi connectivity index (χ1) is 7.61. The van der Waals surface area contributed by atoms with Crippen molar-refractivity contribution in [3.63, 3.8) is 0 Å². The van der Waals surface area contributed by atoms with Gasteiger partial charge in [0, 0.05) is 11.9 Å². The number of fused-ring (bicyclic) bond motifs is 1. The first-order valence-corrected chi connectivity index (χ1v) is 5.24. The van der Waals surface area contributed by atoms with Crippen molar-refractivity contribution >= 4 is 30.3 Å². The summed E-state index contributed by atoms with van der Waals surface area (Å²) in [7, 11) is 1.77. The van der Waals surface area contributed by atoms with Gasteiger partial charge in [0.1, 0.15) is 13.5 Å². The molecule has 0 fully saturated rings. The number of aromatic amines is 1. The Morgan fingerprint density at radius 1 is 1.50 bits per heavy atom. The van der Waals surface area contributed by atoms with Crippen LogP contribution in [0.5, 0.6) is 0 Å². The maximum absolute atomic E-state index is 11.5. The molecular formula is C10H13BN4O. The molecule has 0 saturated heterocycles. The lowest BCUT2D eigenvalue weighted by Gasteiger charge is -2.06. The number of nitrogens with zero attached hydrogens (tertiary/aromatic N) is 2. The Morgan fingerprint density at radius 2 is 2.25 bits per heavy atom. The number of aromatic nitrogens is 3. The second-order valence-corrected chi connectivity index (χ2v) is 3.71. The van der Waals surface area contributed by atoms with Gasteiger partial charge in [-0.15, -0.1) is 0 Å². The molecule has 0 aliphatic rings. The Labute approximate surface area is 93.7 Å². The summed E-state index contributed by atoms with van der Waals surface area (Å²) < 4.78 is 0. The summed E-state index contributed by atoms with van der Waals surface area (Å²) in [6.45, 7) is 4.63. The van der Waals surface area contributed by atoms with Crippen molar-refractivity contribution in [1.82, 2.24) is 15.0 Å². The van der Waals surface area contributed by atoms with Crippen LogP contribution in [0.3, 0.4) is 0 Å². The SMILES string of the molecule is Bc1cc2c(C)nc(NCC)nc2[nH]c1=O. The molecule has 0 bridgehead atoms. The van der Waals surface area contributed by atoms with Gasteiger partial charge >= 0.3 is 0 Å². The quantitative estimate of drug-likeness (QED) is 0.652. The third kappa shape index (κ3) is 1.78. The van der Waals surface area contributed by atoms with Crippen LogP contribution in [0, 0.1) is 6.92 Å². The summed E-state index contributed by atoms with van der Waals surface area (Å²) in [5, 5.41) is 3.92. The molecule has 16 heavy (non-hydrogen) atoms. The van der Waals surface area contributed by atoms with Crippen molar-refractivity contribution in [2.24, 2.45) is 0 Å². The second kappa shape index (κ2) is 3.96. The van der Waals surface area contributed by atoms with E-state index in [2.05, 4.69) is 20.3 Å². The van der Waals surface area contributed by atoms with Gasteiger partial charge in [-0.1, -0.05) is 6.07 Å². The number of aryl methyl sites for hydroxylation is 1. The molecule has 2 aromatic heterocycles. The van der Waals surface area contributed by atoms with Gasteiger partial charge in [0.2, 0.25) is 11.5 Å². The lowest BCUT2D eigenvalue weighted by Crippen LogP contribution is -2.27. The zero-order chi connectivity index (χ0) is 11.7. The fraction of sp³-hybridized carbons (Fsp3) is 0.300. The number of nitrogens with one attached hydrogen (secondary N) is 2. The van der Waals surface area contributed by atoms with E-state index in [4.69, 9.17) is 0 Å². The van der Waals surface area contributed by atoms with Gasteiger partial charge in [0.15, 0.2) is 0 Å². The van der Waals surface area contributed by atoms with Crippen LogP contribution in [0.2, 0.25) is 0 Å². The third-order valence-electron chi connectivity index (χ3n) is 2.42. The van der Waals surface area contributed by atoms with E-state index in [9.17, 15) is 4.79 Å². The summed E-state index contributed by atoms with van der Waals surface area (Å²) in [5.41, 5.74) is 2.02. The largest absolute Gasteiger partial charge is 0.354 e. The fourth-order valence-electron chi connectivity index (χ4n) is 1.57. The van der Waals surface area contributed by atoms with E-state index in [1.165, 1.54) is 0 Å². The zero-order valence-corrected chi connectivity index (χ0v) is 9.59. The maximum Gasteiger partial charge on any atom is 0.243 e. The highest BCUT2D eigenvalue weighted by molar-refractivity contribution is 6.32. The number of rotatable bonds is 2. The summed E-state index contributed by atoms with van der Waals surface area (Å²) in [6.07, 6.45) is 0. The van der Waals surface area contributed by atoms with Crippen molar-refractivity contribution in [1.29, 1.82) is 0 Å². The average molecular weight is 216 g/mol. The van der Waals surface area contributed by atoms with Gasteiger partial charge in [-0.25, -0.2) is 4.98 Å². The Balaban J connectivity index is 2.72. The highest BCUT2D eigenvalue weighted by atomic mass is 16.1. The molecule has 0 spiro atoms. The number of hydrogen-bond acceptors (Lipinski definition) is 4. The van der Waals surface area contributed by atoms with E-state index in [1.54, 1.807) is 7.85 Å². The molecule has 0 aliphatic heterocycles. The fourth-order valence-corrected chi connectivity index (χ4v) is 1.57. The molecule has 2 heterocycles. The van der Waals surface area contributed by atoms with Crippen LogP contribution in [0.15, 0.2) is 10.9 Å². The second-order valence-electron chi connectivity index (χ2n) is 3.71. The first-order valence-electron chi connectivity index (χ1n) is 5.24. The van der Waals surface area contributed by atoms with Gasteiger partial charge in [-0.05, 0) is 19.3 Å². The van der Waals surface area contributed by atoms with Crippen molar-refractivity contribution in [2.45, 2.75) is 13.8 Å². The van der Waals surface area contributed by atoms with Crippen LogP contribution in [0.25, 0.3) is 11.0 Å². The monoisotopic (exact) mass is 216 g/mol. The highest BCUT2D eigenvalue weighted by Gasteiger charge is 2.06. The maximum atomic E-state index is 11.5. The summed E-state index contributed by atoms with van der Waals surface area (Å²) in [4.78, 5) is 22.8. The summed E-state index contributed by atoms with van der Waals surface area (Å²) in [6, 6.07) is 1.82. The Bertz CT molecular complexity index is 593. The normalized spacial score (nSPS) is 10.6. The van der Waals surface area contributed by atoms with Crippen LogP contribution in [-0.4, -0.2) is 29.3 Å². The van der Waals surface area contributed by atoms with Crippen molar-refractivity contribution in [3.05, 3.63) is 22.1 Å². The smallest absolute Gasteiger partial charge is 0.243 e. The lowest BCUT2D eigenvalue weighted by molar-refractivity contribution is 1.07. The molecule has 82 valence electrons. The van der Waals surface area contributed by atoms with E-state index in [1.807, 2.05) is 19.9 Å². The highest BCUT2D eigenvalue weighted by Crippen LogP contribution is 2.12. The molecule has 0 radical (unpaired) electrons. The van der Waals surface area contributed by atoms with E-state index in [0.717, 1.165) is 17.6 Å². The van der Waals surface area contributed by atoms with Crippen LogP contribution in [0.4, 0.5) is 5.95 Å². The molecule has 2 aromatic rings. The van der Waals surface area contributed by atoms with Crippen molar-refractivity contribution < 1.29 is 0 Å². The number of hydrogen-bond donors (Lipinski definition) is 2. The molecule has 0 amide bonds. The predicted molar refractivity (Wildman–Crippen MR) is 67.2 cm³/mol. The van der Waals surface area contributed by atoms with E-state index in [-0.39, 0.29) is 5.56 Å². The Hall–Kier alpha value is -1.85. The van der Waals surface area contributed by atoms with E-state index in [0.29, 0.717) is 17.1 Å². The minimum absolute atomic E-state index is 0.104. The third-order valence-corrected chi connectivity index (χ3v) is 2.42. The van der Waals surface area contributed by atoms with Crippen LogP contribution < -0.4 is 16.3 Å². The molecule has 2 rings (SSSR count). The van der Waals surface area contributed by atoms with Gasteiger partial charge in [-0.3, -0.25) is 4.79 Å². The zero-order valence-electron chi connectivity index (χ0n) is 9.59. The molecule has 0 atom stereocenters. The van der Waals surface area contributed by atoms with E-state index < -0.39 is 0 Å². The molecule has 6 heteroatoms. The number of anilines is 1. The lowest BCUT2D eigenvalue weighted by atomic mass is 9.97. The van der Waals surface area contributed by atoms with Gasteiger partial charge < -0.3 is 10.3 Å². The molecule has 0 aromatic carbocycles. The molecule has 0 saturated carbocycles. The standard InChI is InChI=1S/C10H13BN4O/c1-3-12-10-13-5(2)6-4-7(11)9(16)14-8(6)15-10/h4H,3,11H2,1-2H3,(H2,12,13,14,15,16). The first kappa shape index (κ1) is 10.7.